The summed E-state index contributed by atoms with van der Waals surface area (Å²) in [6.45, 7) is 6.72. The van der Waals surface area contributed by atoms with Crippen molar-refractivity contribution in [2.45, 2.75) is 39.8 Å². The van der Waals surface area contributed by atoms with E-state index in [-0.39, 0.29) is 17.4 Å². The van der Waals surface area contributed by atoms with Crippen LogP contribution in [0.1, 0.15) is 27.2 Å². The molecule has 0 aliphatic carbocycles. The summed E-state index contributed by atoms with van der Waals surface area (Å²) in [6.07, 6.45) is 3.75. The Labute approximate surface area is 113 Å². The van der Waals surface area contributed by atoms with E-state index in [0.29, 0.717) is 24.7 Å². The van der Waals surface area contributed by atoms with Gasteiger partial charge in [0.2, 0.25) is 0 Å². The van der Waals surface area contributed by atoms with Crippen LogP contribution in [-0.2, 0) is 6.54 Å². The Morgan fingerprint density at radius 2 is 2.16 bits per heavy atom. The number of anilines is 1. The lowest BCUT2D eigenvalue weighted by Gasteiger charge is -2.25. The van der Waals surface area contributed by atoms with Gasteiger partial charge in [-0.1, -0.05) is 13.8 Å². The highest BCUT2D eigenvalue weighted by Gasteiger charge is 2.16. The number of nitrogens with zero attached hydrogens (tertiary/aromatic N) is 3. The summed E-state index contributed by atoms with van der Waals surface area (Å²) in [4.78, 5) is 18.2. The summed E-state index contributed by atoms with van der Waals surface area (Å²) in [6, 6.07) is -0.0346. The minimum absolute atomic E-state index is 0.0346. The first-order valence-corrected chi connectivity index (χ1v) is 6.44. The van der Waals surface area contributed by atoms with Gasteiger partial charge < -0.3 is 15.2 Å². The zero-order valence-electron chi connectivity index (χ0n) is 12.1. The van der Waals surface area contributed by atoms with E-state index in [0.717, 1.165) is 0 Å². The quantitative estimate of drug-likeness (QED) is 0.594. The monoisotopic (exact) mass is 265 g/mol. The lowest BCUT2D eigenvalue weighted by Crippen LogP contribution is -2.38. The maximum absolute atomic E-state index is 12.3. The number of rotatable bonds is 6. The third-order valence-electron chi connectivity index (χ3n) is 2.97. The molecular weight excluding hydrogens is 242 g/mol. The summed E-state index contributed by atoms with van der Waals surface area (Å²) in [5.74, 6) is 0.905. The normalized spacial score (nSPS) is 12.5. The Kier molecular flexibility index (Phi) is 5.09. The fourth-order valence-electron chi connectivity index (χ4n) is 1.88. The second-order valence-electron chi connectivity index (χ2n) is 5.29. The van der Waals surface area contributed by atoms with Gasteiger partial charge in [-0.25, -0.2) is 4.98 Å². The minimum atomic E-state index is -0.103. The first-order chi connectivity index (χ1) is 8.82. The molecule has 0 aliphatic rings. The van der Waals surface area contributed by atoms with E-state index in [1.54, 1.807) is 28.9 Å². The van der Waals surface area contributed by atoms with Crippen LogP contribution in [0.25, 0.3) is 0 Å². The summed E-state index contributed by atoms with van der Waals surface area (Å²) in [7, 11) is 1.80. The van der Waals surface area contributed by atoms with Gasteiger partial charge in [0.05, 0.1) is 5.84 Å². The van der Waals surface area contributed by atoms with Crippen LogP contribution < -0.4 is 16.2 Å². The minimum Gasteiger partial charge on any atom is -0.388 e. The molecule has 1 heterocycles. The van der Waals surface area contributed by atoms with Crippen molar-refractivity contribution in [1.82, 2.24) is 9.55 Å². The lowest BCUT2D eigenvalue weighted by atomic mass is 10.2. The van der Waals surface area contributed by atoms with E-state index in [1.165, 1.54) is 0 Å². The van der Waals surface area contributed by atoms with Gasteiger partial charge in [-0.05, 0) is 12.8 Å². The van der Waals surface area contributed by atoms with Crippen molar-refractivity contribution < 1.29 is 0 Å². The molecule has 1 rings (SSSR count). The third-order valence-corrected chi connectivity index (χ3v) is 2.97. The van der Waals surface area contributed by atoms with E-state index in [1.807, 2.05) is 6.92 Å². The van der Waals surface area contributed by atoms with Crippen LogP contribution in [0.4, 0.5) is 5.82 Å². The van der Waals surface area contributed by atoms with Gasteiger partial charge in [-0.2, -0.15) is 0 Å². The number of aromatic nitrogens is 2. The molecule has 1 aromatic rings. The van der Waals surface area contributed by atoms with Crippen LogP contribution in [0, 0.1) is 11.3 Å². The number of nitrogens with one attached hydrogen (secondary N) is 1. The lowest BCUT2D eigenvalue weighted by molar-refractivity contribution is 0.507. The SMILES string of the molecule is CC(C)Cn1ccnc(N(C)C(C)CC(=N)N)c1=O. The molecule has 0 saturated heterocycles. The molecule has 0 spiro atoms. The molecule has 0 aliphatic heterocycles. The third kappa shape index (κ3) is 4.08. The predicted molar refractivity (Wildman–Crippen MR) is 77.7 cm³/mol. The van der Waals surface area contributed by atoms with Crippen molar-refractivity contribution in [1.29, 1.82) is 5.41 Å². The van der Waals surface area contributed by atoms with Crippen molar-refractivity contribution in [2.75, 3.05) is 11.9 Å². The molecule has 0 bridgehead atoms. The van der Waals surface area contributed by atoms with Crippen molar-refractivity contribution >= 4 is 11.7 Å². The topological polar surface area (TPSA) is 88.0 Å². The van der Waals surface area contributed by atoms with Crippen LogP contribution >= 0.6 is 0 Å². The maximum Gasteiger partial charge on any atom is 0.293 e. The molecule has 3 N–H and O–H groups in total. The van der Waals surface area contributed by atoms with Gasteiger partial charge in [-0.3, -0.25) is 10.2 Å². The fourth-order valence-corrected chi connectivity index (χ4v) is 1.88. The Bertz CT molecular complexity index is 494. The first-order valence-electron chi connectivity index (χ1n) is 6.44. The molecule has 0 saturated carbocycles. The van der Waals surface area contributed by atoms with Crippen molar-refractivity contribution in [3.05, 3.63) is 22.7 Å². The Balaban J connectivity index is 3.00. The van der Waals surface area contributed by atoms with Crippen LogP contribution in [0.15, 0.2) is 17.2 Å². The average molecular weight is 265 g/mol. The summed E-state index contributed by atoms with van der Waals surface area (Å²) in [5.41, 5.74) is 5.29. The molecule has 0 amide bonds. The first kappa shape index (κ1) is 15.2. The van der Waals surface area contributed by atoms with Crippen molar-refractivity contribution in [3.63, 3.8) is 0 Å². The van der Waals surface area contributed by atoms with Gasteiger partial charge in [0.25, 0.3) is 5.56 Å². The molecule has 106 valence electrons. The Morgan fingerprint density at radius 1 is 1.53 bits per heavy atom. The van der Waals surface area contributed by atoms with Gasteiger partial charge in [0, 0.05) is 38.4 Å². The fraction of sp³-hybridized carbons (Fsp3) is 0.615. The van der Waals surface area contributed by atoms with Gasteiger partial charge in [0.15, 0.2) is 5.82 Å². The predicted octanol–water partition coefficient (Wildman–Crippen LogP) is 1.05. The van der Waals surface area contributed by atoms with Crippen molar-refractivity contribution in [2.24, 2.45) is 11.7 Å². The van der Waals surface area contributed by atoms with Crippen molar-refractivity contribution in [3.8, 4) is 0 Å². The Morgan fingerprint density at radius 3 is 2.68 bits per heavy atom. The zero-order valence-corrected chi connectivity index (χ0v) is 12.1. The average Bonchev–Trinajstić information content (AvgIpc) is 2.29. The molecular formula is C13H23N5O. The maximum atomic E-state index is 12.3. The standard InChI is InChI=1S/C13H23N5O/c1-9(2)8-18-6-5-16-12(13(18)19)17(4)10(3)7-11(14)15/h5-6,9-10H,7-8H2,1-4H3,(H3,14,15). The molecule has 6 heteroatoms. The number of hydrogen-bond acceptors (Lipinski definition) is 4. The van der Waals surface area contributed by atoms with E-state index in [4.69, 9.17) is 11.1 Å². The molecule has 19 heavy (non-hydrogen) atoms. The highest BCUT2D eigenvalue weighted by atomic mass is 16.1. The second-order valence-corrected chi connectivity index (χ2v) is 5.29. The van der Waals surface area contributed by atoms with E-state index >= 15 is 0 Å². The van der Waals surface area contributed by atoms with Crippen LogP contribution in [-0.4, -0.2) is 28.5 Å². The van der Waals surface area contributed by atoms with Gasteiger partial charge >= 0.3 is 0 Å². The van der Waals surface area contributed by atoms with E-state index in [2.05, 4.69) is 18.8 Å². The summed E-state index contributed by atoms with van der Waals surface area (Å²) >= 11 is 0. The molecule has 6 nitrogen and oxygen atoms in total. The van der Waals surface area contributed by atoms with Crippen LogP contribution in [0.5, 0.6) is 0 Å². The summed E-state index contributed by atoms with van der Waals surface area (Å²) in [5, 5.41) is 7.32. The largest absolute Gasteiger partial charge is 0.388 e. The molecule has 1 aromatic heterocycles. The second kappa shape index (κ2) is 6.36. The number of nitrogens with two attached hydrogens (primary N) is 1. The number of amidine groups is 1. The smallest absolute Gasteiger partial charge is 0.293 e. The number of hydrogen-bond donors (Lipinski definition) is 2. The van der Waals surface area contributed by atoms with E-state index in [9.17, 15) is 4.79 Å². The van der Waals surface area contributed by atoms with E-state index < -0.39 is 0 Å². The summed E-state index contributed by atoms with van der Waals surface area (Å²) < 4.78 is 1.67. The molecule has 0 radical (unpaired) electrons. The van der Waals surface area contributed by atoms with Gasteiger partial charge in [-0.15, -0.1) is 0 Å². The molecule has 0 fully saturated rings. The highest BCUT2D eigenvalue weighted by Crippen LogP contribution is 2.09. The van der Waals surface area contributed by atoms with Crippen LogP contribution in [0.3, 0.4) is 0 Å². The van der Waals surface area contributed by atoms with Crippen LogP contribution in [0.2, 0.25) is 0 Å². The molecule has 0 aromatic carbocycles. The molecule has 1 atom stereocenters. The molecule has 1 unspecified atom stereocenters. The highest BCUT2D eigenvalue weighted by molar-refractivity contribution is 5.77. The zero-order chi connectivity index (χ0) is 14.6. The van der Waals surface area contributed by atoms with Gasteiger partial charge in [0.1, 0.15) is 0 Å². The Hall–Kier alpha value is -1.85.